The second-order valence-corrected chi connectivity index (χ2v) is 5.38. The van der Waals surface area contributed by atoms with Crippen LogP contribution in [0.15, 0.2) is 53.3 Å². The van der Waals surface area contributed by atoms with Crippen molar-refractivity contribution < 1.29 is 38.6 Å². The fourth-order valence-corrected chi connectivity index (χ4v) is 3.62. The minimum Gasteiger partial charge on any atom is -0.321 e. The monoisotopic (exact) mass is 410 g/mol. The SMILES string of the molecule is O=c1ccc2ccc3c4ccccc4sc3c2[nH]1.[Tb+3]. The first-order valence-electron chi connectivity index (χ1n) is 5.76. The molecule has 1 N–H and O–H groups in total. The molecule has 0 spiro atoms. The van der Waals surface area contributed by atoms with Gasteiger partial charge in [0.1, 0.15) is 0 Å². The topological polar surface area (TPSA) is 32.9 Å². The number of aromatic amines is 1. The summed E-state index contributed by atoms with van der Waals surface area (Å²) in [5.41, 5.74) is 0.897. The first-order valence-corrected chi connectivity index (χ1v) is 6.58. The first kappa shape index (κ1) is 13.2. The van der Waals surface area contributed by atoms with Gasteiger partial charge in [-0.25, -0.2) is 0 Å². The number of aromatic nitrogens is 1. The number of fused-ring (bicyclic) bond motifs is 5. The molecule has 0 atom stereocenters. The molecule has 2 aromatic heterocycles. The molecule has 0 radical (unpaired) electrons. The van der Waals surface area contributed by atoms with E-state index in [0.717, 1.165) is 15.6 Å². The van der Waals surface area contributed by atoms with Crippen LogP contribution in [0.1, 0.15) is 0 Å². The van der Waals surface area contributed by atoms with Crippen LogP contribution in [0.3, 0.4) is 0 Å². The van der Waals surface area contributed by atoms with Gasteiger partial charge in [-0.05, 0) is 17.5 Å². The Morgan fingerprint density at radius 2 is 1.68 bits per heavy atom. The minimum absolute atomic E-state index is 0. The maximum atomic E-state index is 11.5. The Balaban J connectivity index is 0.00000110. The Labute approximate surface area is 143 Å². The molecule has 19 heavy (non-hydrogen) atoms. The van der Waals surface area contributed by atoms with Crippen molar-refractivity contribution in [3.05, 3.63) is 58.9 Å². The number of rotatable bonds is 0. The van der Waals surface area contributed by atoms with E-state index in [9.17, 15) is 4.79 Å². The van der Waals surface area contributed by atoms with E-state index in [0.29, 0.717) is 0 Å². The predicted molar refractivity (Wildman–Crippen MR) is 77.5 cm³/mol. The van der Waals surface area contributed by atoms with E-state index < -0.39 is 0 Å². The van der Waals surface area contributed by atoms with E-state index in [2.05, 4.69) is 29.2 Å². The Kier molecular flexibility index (Phi) is 3.41. The van der Waals surface area contributed by atoms with Crippen molar-refractivity contribution in [3.63, 3.8) is 0 Å². The van der Waals surface area contributed by atoms with Crippen molar-refractivity contribution in [2.24, 2.45) is 0 Å². The van der Waals surface area contributed by atoms with Crippen molar-refractivity contribution >= 4 is 42.4 Å². The molecule has 0 saturated carbocycles. The number of hydrogen-bond acceptors (Lipinski definition) is 2. The molecule has 0 aliphatic heterocycles. The molecule has 92 valence electrons. The Hall–Kier alpha value is -0.844. The van der Waals surface area contributed by atoms with Gasteiger partial charge in [0.05, 0.1) is 10.2 Å². The summed E-state index contributed by atoms with van der Waals surface area (Å²) in [7, 11) is 0. The smallest absolute Gasteiger partial charge is 0.321 e. The molecule has 0 saturated heterocycles. The van der Waals surface area contributed by atoms with Gasteiger partial charge in [-0.3, -0.25) is 4.79 Å². The van der Waals surface area contributed by atoms with Crippen LogP contribution in [0.25, 0.3) is 31.1 Å². The summed E-state index contributed by atoms with van der Waals surface area (Å²) in [5, 5.41) is 3.54. The molecule has 2 aromatic carbocycles. The van der Waals surface area contributed by atoms with Gasteiger partial charge < -0.3 is 4.98 Å². The van der Waals surface area contributed by atoms with Gasteiger partial charge in [-0.15, -0.1) is 11.3 Å². The molecule has 0 aliphatic carbocycles. The zero-order valence-electron chi connectivity index (χ0n) is 9.77. The minimum atomic E-state index is -0.0487. The molecule has 4 heteroatoms. The molecule has 0 amide bonds. The summed E-state index contributed by atoms with van der Waals surface area (Å²) in [6, 6.07) is 16.0. The summed E-state index contributed by atoms with van der Waals surface area (Å²) in [6.45, 7) is 0. The van der Waals surface area contributed by atoms with Gasteiger partial charge in [0.15, 0.2) is 0 Å². The van der Waals surface area contributed by atoms with E-state index in [4.69, 9.17) is 0 Å². The van der Waals surface area contributed by atoms with E-state index in [1.807, 2.05) is 18.2 Å². The van der Waals surface area contributed by atoms with Crippen LogP contribution in [0, 0.1) is 38.6 Å². The molecule has 0 aliphatic rings. The van der Waals surface area contributed by atoms with Crippen molar-refractivity contribution in [2.45, 2.75) is 0 Å². The molecular weight excluding hydrogens is 401 g/mol. The van der Waals surface area contributed by atoms with Gasteiger partial charge in [0.25, 0.3) is 0 Å². The fraction of sp³-hybridized carbons (Fsp3) is 0. The molecule has 0 fully saturated rings. The number of benzene rings is 2. The van der Waals surface area contributed by atoms with E-state index in [1.54, 1.807) is 17.4 Å². The zero-order chi connectivity index (χ0) is 12.1. The number of nitrogens with one attached hydrogen (secondary N) is 1. The van der Waals surface area contributed by atoms with Crippen molar-refractivity contribution in [2.75, 3.05) is 0 Å². The third-order valence-corrected chi connectivity index (χ3v) is 4.45. The predicted octanol–water partition coefficient (Wildman–Crippen LogP) is 3.90. The summed E-state index contributed by atoms with van der Waals surface area (Å²) in [6.07, 6.45) is 0. The second kappa shape index (κ2) is 4.92. The van der Waals surface area contributed by atoms with E-state index >= 15 is 0 Å². The number of H-pyrrole nitrogens is 1. The summed E-state index contributed by atoms with van der Waals surface area (Å²) in [4.78, 5) is 14.4. The summed E-state index contributed by atoms with van der Waals surface area (Å²) >= 11 is 1.73. The maximum Gasteiger partial charge on any atom is 3.00 e. The zero-order valence-corrected chi connectivity index (χ0v) is 12.7. The van der Waals surface area contributed by atoms with Gasteiger partial charge in [-0.2, -0.15) is 0 Å². The molecular formula is C15H9NOSTb+3. The second-order valence-electron chi connectivity index (χ2n) is 4.33. The summed E-state index contributed by atoms with van der Waals surface area (Å²) in [5.74, 6) is 0. The Bertz CT molecular complexity index is 954. The third-order valence-electron chi connectivity index (χ3n) is 3.24. The van der Waals surface area contributed by atoms with Gasteiger partial charge in [0.2, 0.25) is 5.56 Å². The van der Waals surface area contributed by atoms with Crippen LogP contribution < -0.4 is 5.56 Å². The van der Waals surface area contributed by atoms with Crippen LogP contribution >= 0.6 is 11.3 Å². The van der Waals surface area contributed by atoms with Crippen LogP contribution in [0.5, 0.6) is 0 Å². The first-order chi connectivity index (χ1) is 8.83. The number of pyridine rings is 1. The van der Waals surface area contributed by atoms with Gasteiger partial charge >= 0.3 is 38.6 Å². The van der Waals surface area contributed by atoms with Crippen LogP contribution in [-0.2, 0) is 0 Å². The Morgan fingerprint density at radius 1 is 0.895 bits per heavy atom. The normalized spacial score (nSPS) is 10.9. The molecule has 0 unspecified atom stereocenters. The van der Waals surface area contributed by atoms with Crippen LogP contribution in [-0.4, -0.2) is 4.98 Å². The van der Waals surface area contributed by atoms with Gasteiger partial charge in [-0.1, -0.05) is 30.3 Å². The third kappa shape index (κ3) is 2.02. The standard InChI is InChI=1S/C15H9NOS.Tb/c17-13-8-6-9-5-7-11-10-3-1-2-4-12(10)18-15(11)14(9)16-13;/h1-8H,(H,16,17);/q;+3. The van der Waals surface area contributed by atoms with Crippen molar-refractivity contribution in [3.8, 4) is 0 Å². The summed E-state index contributed by atoms with van der Waals surface area (Å²) < 4.78 is 2.41. The molecule has 2 heterocycles. The van der Waals surface area contributed by atoms with E-state index in [-0.39, 0.29) is 44.2 Å². The number of hydrogen-bond donors (Lipinski definition) is 1. The average molecular weight is 410 g/mol. The van der Waals surface area contributed by atoms with Crippen molar-refractivity contribution in [1.29, 1.82) is 0 Å². The Morgan fingerprint density at radius 3 is 2.58 bits per heavy atom. The molecule has 2 nitrogen and oxygen atoms in total. The molecule has 4 rings (SSSR count). The number of thiophene rings is 1. The van der Waals surface area contributed by atoms with Crippen molar-refractivity contribution in [1.82, 2.24) is 4.98 Å². The quantitative estimate of drug-likeness (QED) is 0.469. The average Bonchev–Trinajstić information content (AvgIpc) is 2.78. The van der Waals surface area contributed by atoms with E-state index in [1.165, 1.54) is 15.5 Å². The van der Waals surface area contributed by atoms with Gasteiger partial charge in [0, 0.05) is 21.5 Å². The molecule has 4 aromatic rings. The van der Waals surface area contributed by atoms with Crippen LogP contribution in [0.4, 0.5) is 0 Å². The molecule has 0 bridgehead atoms. The maximum absolute atomic E-state index is 11.5. The largest absolute Gasteiger partial charge is 3.00 e. The fourth-order valence-electron chi connectivity index (χ4n) is 2.40. The van der Waals surface area contributed by atoms with Crippen LogP contribution in [0.2, 0.25) is 0 Å².